The number of hydrogen-bond donors (Lipinski definition) is 1. The highest BCUT2D eigenvalue weighted by molar-refractivity contribution is 5.75. The van der Waals surface area contributed by atoms with Gasteiger partial charge in [-0.05, 0) is 29.3 Å². The molecule has 0 aliphatic carbocycles. The van der Waals surface area contributed by atoms with Crippen molar-refractivity contribution in [3.8, 4) is 34.1 Å². The van der Waals surface area contributed by atoms with E-state index in [9.17, 15) is 0 Å². The number of rotatable bonds is 9. The minimum absolute atomic E-state index is 0.420. The zero-order chi connectivity index (χ0) is 19.8. The van der Waals surface area contributed by atoms with Crippen molar-refractivity contribution < 1.29 is 18.9 Å². The summed E-state index contributed by atoms with van der Waals surface area (Å²) in [6.07, 6.45) is 0. The summed E-state index contributed by atoms with van der Waals surface area (Å²) in [6.45, 7) is 1.30. The Morgan fingerprint density at radius 1 is 0.750 bits per heavy atom. The van der Waals surface area contributed by atoms with Crippen molar-refractivity contribution >= 4 is 0 Å². The molecule has 0 bridgehead atoms. The molecule has 5 heteroatoms. The molecule has 0 fully saturated rings. The first-order chi connectivity index (χ1) is 13.8. The van der Waals surface area contributed by atoms with E-state index in [1.807, 2.05) is 66.7 Å². The van der Waals surface area contributed by atoms with E-state index in [4.69, 9.17) is 24.7 Å². The third-order valence-corrected chi connectivity index (χ3v) is 4.27. The van der Waals surface area contributed by atoms with Gasteiger partial charge in [0.2, 0.25) is 0 Å². The monoisotopic (exact) mass is 379 g/mol. The van der Waals surface area contributed by atoms with Crippen molar-refractivity contribution in [1.29, 1.82) is 0 Å². The fourth-order valence-corrected chi connectivity index (χ4v) is 2.93. The van der Waals surface area contributed by atoms with Crippen molar-refractivity contribution in [2.45, 2.75) is 6.61 Å². The van der Waals surface area contributed by atoms with Crippen LogP contribution in [0.3, 0.4) is 0 Å². The molecule has 0 aliphatic rings. The van der Waals surface area contributed by atoms with Crippen molar-refractivity contribution in [2.75, 3.05) is 27.4 Å². The van der Waals surface area contributed by atoms with Crippen molar-refractivity contribution in [3.63, 3.8) is 0 Å². The summed E-state index contributed by atoms with van der Waals surface area (Å²) in [5, 5.41) is 0. The quantitative estimate of drug-likeness (QED) is 0.601. The average Bonchev–Trinajstić information content (AvgIpc) is 2.76. The zero-order valence-corrected chi connectivity index (χ0v) is 16.2. The Morgan fingerprint density at radius 2 is 1.57 bits per heavy atom. The van der Waals surface area contributed by atoms with Crippen LogP contribution in [-0.4, -0.2) is 27.4 Å². The maximum atomic E-state index is 6.07. The molecule has 5 nitrogen and oxygen atoms in total. The molecule has 0 aliphatic heterocycles. The summed E-state index contributed by atoms with van der Waals surface area (Å²) >= 11 is 0. The molecular weight excluding hydrogens is 354 g/mol. The molecular formula is C23H25NO4. The van der Waals surface area contributed by atoms with Crippen LogP contribution in [0.25, 0.3) is 11.1 Å². The highest BCUT2D eigenvalue weighted by Gasteiger charge is 2.14. The molecule has 0 amide bonds. The first-order valence-corrected chi connectivity index (χ1v) is 9.11. The molecule has 3 aromatic carbocycles. The van der Waals surface area contributed by atoms with Gasteiger partial charge in [0.1, 0.15) is 13.2 Å². The lowest BCUT2D eigenvalue weighted by molar-refractivity contribution is 0.266. The maximum Gasteiger partial charge on any atom is 0.168 e. The van der Waals surface area contributed by atoms with Crippen LogP contribution < -0.4 is 24.7 Å². The normalized spacial score (nSPS) is 10.4. The second-order valence-electron chi connectivity index (χ2n) is 6.11. The number of nitrogens with two attached hydrogens (primary N) is 1. The number of benzene rings is 3. The van der Waals surface area contributed by atoms with E-state index < -0.39 is 0 Å². The standard InChI is InChI=1S/C23H25NO4/c1-25-21-10-6-9-19(23(21)26-2)18-11-12-20(27-14-13-24)22(15-18)28-16-17-7-4-3-5-8-17/h3-12,15H,13-14,16,24H2,1-2H3. The Bertz CT molecular complexity index is 896. The van der Waals surface area contributed by atoms with E-state index in [0.717, 1.165) is 16.7 Å². The second-order valence-corrected chi connectivity index (χ2v) is 6.11. The number of hydrogen-bond acceptors (Lipinski definition) is 5. The van der Waals surface area contributed by atoms with Crippen molar-refractivity contribution in [1.82, 2.24) is 0 Å². The van der Waals surface area contributed by atoms with Crippen LogP contribution in [0.1, 0.15) is 5.56 Å². The van der Waals surface area contributed by atoms with Gasteiger partial charge in [0.15, 0.2) is 23.0 Å². The van der Waals surface area contributed by atoms with E-state index in [-0.39, 0.29) is 0 Å². The largest absolute Gasteiger partial charge is 0.493 e. The summed E-state index contributed by atoms with van der Waals surface area (Å²) < 4.78 is 22.8. The maximum absolute atomic E-state index is 6.07. The van der Waals surface area contributed by atoms with E-state index >= 15 is 0 Å². The average molecular weight is 379 g/mol. The molecule has 0 aromatic heterocycles. The SMILES string of the molecule is COc1cccc(-c2ccc(OCCN)c(OCc3ccccc3)c2)c1OC. The molecule has 0 unspecified atom stereocenters. The smallest absolute Gasteiger partial charge is 0.168 e. The van der Waals surface area contributed by atoms with Gasteiger partial charge < -0.3 is 24.7 Å². The summed E-state index contributed by atoms with van der Waals surface area (Å²) in [4.78, 5) is 0. The molecule has 3 aromatic rings. The van der Waals surface area contributed by atoms with Gasteiger partial charge in [-0.2, -0.15) is 0 Å². The fourth-order valence-electron chi connectivity index (χ4n) is 2.93. The Kier molecular flexibility index (Phi) is 6.76. The van der Waals surface area contributed by atoms with E-state index in [1.165, 1.54) is 0 Å². The Balaban J connectivity index is 1.95. The number of ether oxygens (including phenoxy) is 4. The van der Waals surface area contributed by atoms with Crippen LogP contribution in [-0.2, 0) is 6.61 Å². The first kappa shape index (κ1) is 19.6. The minimum atomic E-state index is 0.420. The third-order valence-electron chi connectivity index (χ3n) is 4.27. The summed E-state index contributed by atoms with van der Waals surface area (Å²) in [6, 6.07) is 21.6. The van der Waals surface area contributed by atoms with Crippen LogP contribution in [0.4, 0.5) is 0 Å². The molecule has 3 rings (SSSR count). The number of methoxy groups -OCH3 is 2. The summed E-state index contributed by atoms with van der Waals surface area (Å²) in [5.41, 5.74) is 8.52. The highest BCUT2D eigenvalue weighted by atomic mass is 16.5. The molecule has 0 saturated heterocycles. The van der Waals surface area contributed by atoms with E-state index in [0.29, 0.717) is 42.8 Å². The van der Waals surface area contributed by atoms with Crippen molar-refractivity contribution in [3.05, 3.63) is 72.3 Å². The van der Waals surface area contributed by atoms with Crippen LogP contribution in [0.15, 0.2) is 66.7 Å². The lowest BCUT2D eigenvalue weighted by atomic mass is 10.0. The van der Waals surface area contributed by atoms with E-state index in [1.54, 1.807) is 14.2 Å². The Hall–Kier alpha value is -3.18. The van der Waals surface area contributed by atoms with Crippen molar-refractivity contribution in [2.24, 2.45) is 5.73 Å². The van der Waals surface area contributed by atoms with Gasteiger partial charge in [-0.3, -0.25) is 0 Å². The van der Waals surface area contributed by atoms with Gasteiger partial charge in [-0.1, -0.05) is 48.5 Å². The fraction of sp³-hybridized carbons (Fsp3) is 0.217. The van der Waals surface area contributed by atoms with Gasteiger partial charge in [0, 0.05) is 12.1 Å². The lowest BCUT2D eigenvalue weighted by Gasteiger charge is -2.16. The predicted octanol–water partition coefficient (Wildman–Crippen LogP) is 4.29. The molecule has 0 atom stereocenters. The van der Waals surface area contributed by atoms with Gasteiger partial charge in [0.25, 0.3) is 0 Å². The second kappa shape index (κ2) is 9.67. The van der Waals surface area contributed by atoms with Crippen LogP contribution in [0.2, 0.25) is 0 Å². The highest BCUT2D eigenvalue weighted by Crippen LogP contribution is 2.41. The molecule has 0 radical (unpaired) electrons. The predicted molar refractivity (Wildman–Crippen MR) is 110 cm³/mol. The zero-order valence-electron chi connectivity index (χ0n) is 16.2. The molecule has 2 N–H and O–H groups in total. The van der Waals surface area contributed by atoms with Crippen LogP contribution in [0, 0.1) is 0 Å². The van der Waals surface area contributed by atoms with E-state index in [2.05, 4.69) is 0 Å². The third kappa shape index (κ3) is 4.56. The Morgan fingerprint density at radius 3 is 2.29 bits per heavy atom. The molecule has 0 spiro atoms. The minimum Gasteiger partial charge on any atom is -0.493 e. The number of para-hydroxylation sites is 1. The molecule has 0 heterocycles. The van der Waals surface area contributed by atoms with Gasteiger partial charge in [0.05, 0.1) is 14.2 Å². The topological polar surface area (TPSA) is 62.9 Å². The lowest BCUT2D eigenvalue weighted by Crippen LogP contribution is -2.11. The van der Waals surface area contributed by atoms with Gasteiger partial charge >= 0.3 is 0 Å². The van der Waals surface area contributed by atoms with Crippen LogP contribution >= 0.6 is 0 Å². The van der Waals surface area contributed by atoms with Gasteiger partial charge in [-0.25, -0.2) is 0 Å². The molecule has 146 valence electrons. The summed E-state index contributed by atoms with van der Waals surface area (Å²) in [7, 11) is 3.26. The van der Waals surface area contributed by atoms with Crippen LogP contribution in [0.5, 0.6) is 23.0 Å². The summed E-state index contributed by atoms with van der Waals surface area (Å²) in [5.74, 6) is 2.66. The molecule has 0 saturated carbocycles. The Labute approximate surface area is 165 Å². The molecule has 28 heavy (non-hydrogen) atoms. The van der Waals surface area contributed by atoms with Gasteiger partial charge in [-0.15, -0.1) is 0 Å². The first-order valence-electron chi connectivity index (χ1n) is 9.11.